The maximum absolute atomic E-state index is 11.5. The summed E-state index contributed by atoms with van der Waals surface area (Å²) in [6.45, 7) is 3.85. The van der Waals surface area contributed by atoms with Gasteiger partial charge in [-0.15, -0.1) is 0 Å². The molecule has 0 aromatic carbocycles. The molecular formula is C11H19NO2. The van der Waals surface area contributed by atoms with Gasteiger partial charge in [-0.2, -0.15) is 0 Å². The van der Waals surface area contributed by atoms with Crippen molar-refractivity contribution in [3.63, 3.8) is 0 Å². The average molecular weight is 197 g/mol. The number of hydrogen-bond acceptors (Lipinski definition) is 3. The summed E-state index contributed by atoms with van der Waals surface area (Å²) in [4.78, 5) is 11.5. The second kappa shape index (κ2) is 4.30. The highest BCUT2D eigenvalue weighted by molar-refractivity contribution is 5.74. The number of hydrogen-bond donors (Lipinski definition) is 1. The lowest BCUT2D eigenvalue weighted by molar-refractivity contribution is -0.157. The first-order valence-electron chi connectivity index (χ1n) is 5.67. The average Bonchev–Trinajstić information content (AvgIpc) is 1.99. The summed E-state index contributed by atoms with van der Waals surface area (Å²) in [6, 6.07) is 0. The van der Waals surface area contributed by atoms with Gasteiger partial charge in [0.2, 0.25) is 0 Å². The van der Waals surface area contributed by atoms with Gasteiger partial charge in [-0.25, -0.2) is 0 Å². The van der Waals surface area contributed by atoms with Crippen LogP contribution in [0.25, 0.3) is 0 Å². The second-order valence-corrected chi connectivity index (χ2v) is 4.69. The molecule has 1 heterocycles. The highest BCUT2D eigenvalue weighted by Gasteiger charge is 2.30. The SMILES string of the molecule is CC1CCCC(OC(=O)C2CNC2)C1. The molecule has 80 valence electrons. The first kappa shape index (κ1) is 9.97. The molecule has 0 bridgehead atoms. The maximum Gasteiger partial charge on any atom is 0.311 e. The van der Waals surface area contributed by atoms with Crippen molar-refractivity contribution in [2.75, 3.05) is 13.1 Å². The Labute approximate surface area is 85.2 Å². The second-order valence-electron chi connectivity index (χ2n) is 4.69. The van der Waals surface area contributed by atoms with Crippen molar-refractivity contribution in [1.29, 1.82) is 0 Å². The van der Waals surface area contributed by atoms with Crippen LogP contribution in [0.2, 0.25) is 0 Å². The van der Waals surface area contributed by atoms with Crippen LogP contribution in [-0.4, -0.2) is 25.2 Å². The summed E-state index contributed by atoms with van der Waals surface area (Å²) >= 11 is 0. The zero-order valence-corrected chi connectivity index (χ0v) is 8.79. The summed E-state index contributed by atoms with van der Waals surface area (Å²) in [5, 5.41) is 3.09. The third-order valence-electron chi connectivity index (χ3n) is 3.29. The molecule has 0 aromatic heterocycles. The van der Waals surface area contributed by atoms with Gasteiger partial charge in [0.15, 0.2) is 0 Å². The minimum absolute atomic E-state index is 0.0165. The number of ether oxygens (including phenoxy) is 1. The third kappa shape index (κ3) is 2.27. The van der Waals surface area contributed by atoms with Gasteiger partial charge in [0.25, 0.3) is 0 Å². The monoisotopic (exact) mass is 197 g/mol. The normalized spacial score (nSPS) is 33.5. The van der Waals surface area contributed by atoms with Gasteiger partial charge in [-0.3, -0.25) is 4.79 Å². The molecule has 3 nitrogen and oxygen atoms in total. The molecule has 0 aromatic rings. The fourth-order valence-electron chi connectivity index (χ4n) is 2.20. The largest absolute Gasteiger partial charge is 0.462 e. The van der Waals surface area contributed by atoms with E-state index in [1.807, 2.05) is 0 Å². The Morgan fingerprint density at radius 3 is 2.71 bits per heavy atom. The third-order valence-corrected chi connectivity index (χ3v) is 3.29. The first-order valence-corrected chi connectivity index (χ1v) is 5.67. The minimum Gasteiger partial charge on any atom is -0.462 e. The van der Waals surface area contributed by atoms with Crippen LogP contribution in [0.3, 0.4) is 0 Å². The van der Waals surface area contributed by atoms with Gasteiger partial charge < -0.3 is 10.1 Å². The van der Waals surface area contributed by atoms with Crippen molar-refractivity contribution in [2.24, 2.45) is 11.8 Å². The predicted molar refractivity (Wildman–Crippen MR) is 53.9 cm³/mol. The fraction of sp³-hybridized carbons (Fsp3) is 0.909. The van der Waals surface area contributed by atoms with Crippen LogP contribution in [0.1, 0.15) is 32.6 Å². The summed E-state index contributed by atoms with van der Waals surface area (Å²) in [7, 11) is 0. The molecule has 0 amide bonds. The van der Waals surface area contributed by atoms with Crippen LogP contribution in [0, 0.1) is 11.8 Å². The molecule has 14 heavy (non-hydrogen) atoms. The van der Waals surface area contributed by atoms with Crippen LogP contribution >= 0.6 is 0 Å². The van der Waals surface area contributed by atoms with Crippen LogP contribution in [0.5, 0.6) is 0 Å². The maximum atomic E-state index is 11.5. The quantitative estimate of drug-likeness (QED) is 0.679. The number of rotatable bonds is 2. The molecule has 2 atom stereocenters. The van der Waals surface area contributed by atoms with E-state index in [1.54, 1.807) is 0 Å². The topological polar surface area (TPSA) is 38.3 Å². The summed E-state index contributed by atoms with van der Waals surface area (Å²) in [6.07, 6.45) is 4.83. The van der Waals surface area contributed by atoms with E-state index in [1.165, 1.54) is 12.8 Å². The van der Waals surface area contributed by atoms with E-state index in [0.717, 1.165) is 31.8 Å². The van der Waals surface area contributed by atoms with Crippen molar-refractivity contribution in [2.45, 2.75) is 38.7 Å². The Kier molecular flexibility index (Phi) is 3.06. The number of esters is 1. The molecule has 2 rings (SSSR count). The lowest BCUT2D eigenvalue weighted by Gasteiger charge is -2.30. The molecule has 1 saturated heterocycles. The van der Waals surface area contributed by atoms with Gasteiger partial charge in [-0.1, -0.05) is 13.3 Å². The van der Waals surface area contributed by atoms with E-state index in [-0.39, 0.29) is 18.0 Å². The van der Waals surface area contributed by atoms with Gasteiger partial charge in [0.1, 0.15) is 6.10 Å². The van der Waals surface area contributed by atoms with Gasteiger partial charge in [0, 0.05) is 13.1 Å². The summed E-state index contributed by atoms with van der Waals surface area (Å²) < 4.78 is 5.49. The Morgan fingerprint density at radius 2 is 2.14 bits per heavy atom. The van der Waals surface area contributed by atoms with E-state index in [9.17, 15) is 4.79 Å². The molecule has 2 unspecified atom stereocenters. The van der Waals surface area contributed by atoms with E-state index < -0.39 is 0 Å². The molecule has 1 aliphatic carbocycles. The van der Waals surface area contributed by atoms with E-state index in [2.05, 4.69) is 12.2 Å². The highest BCUT2D eigenvalue weighted by Crippen LogP contribution is 2.26. The molecule has 0 radical (unpaired) electrons. The van der Waals surface area contributed by atoms with Crippen molar-refractivity contribution in [3.05, 3.63) is 0 Å². The number of nitrogens with one attached hydrogen (secondary N) is 1. The minimum atomic E-state index is 0.0165. The van der Waals surface area contributed by atoms with E-state index in [4.69, 9.17) is 4.74 Å². The van der Waals surface area contributed by atoms with Gasteiger partial charge in [0.05, 0.1) is 5.92 Å². The molecule has 2 aliphatic rings. The van der Waals surface area contributed by atoms with Crippen molar-refractivity contribution in [1.82, 2.24) is 5.32 Å². The van der Waals surface area contributed by atoms with Gasteiger partial charge >= 0.3 is 5.97 Å². The van der Waals surface area contributed by atoms with Crippen molar-refractivity contribution in [3.8, 4) is 0 Å². The predicted octanol–water partition coefficient (Wildman–Crippen LogP) is 1.33. The Morgan fingerprint density at radius 1 is 1.36 bits per heavy atom. The fourth-order valence-corrected chi connectivity index (χ4v) is 2.20. The summed E-state index contributed by atoms with van der Waals surface area (Å²) in [5.74, 6) is 0.871. The van der Waals surface area contributed by atoms with E-state index in [0.29, 0.717) is 0 Å². The molecule has 1 aliphatic heterocycles. The number of carbonyl (C=O) groups is 1. The zero-order chi connectivity index (χ0) is 9.97. The summed E-state index contributed by atoms with van der Waals surface area (Å²) in [5.41, 5.74) is 0. The molecule has 1 saturated carbocycles. The first-order chi connectivity index (χ1) is 6.75. The lowest BCUT2D eigenvalue weighted by Crippen LogP contribution is -2.48. The van der Waals surface area contributed by atoms with Crippen molar-refractivity contribution >= 4 is 5.97 Å². The molecule has 3 heteroatoms. The van der Waals surface area contributed by atoms with Crippen LogP contribution in [0.4, 0.5) is 0 Å². The van der Waals surface area contributed by atoms with Crippen LogP contribution in [0.15, 0.2) is 0 Å². The standard InChI is InChI=1S/C11H19NO2/c1-8-3-2-4-10(5-8)14-11(13)9-6-12-7-9/h8-10,12H,2-7H2,1H3. The highest BCUT2D eigenvalue weighted by atomic mass is 16.5. The Hall–Kier alpha value is -0.570. The lowest BCUT2D eigenvalue weighted by atomic mass is 9.88. The molecule has 2 fully saturated rings. The zero-order valence-electron chi connectivity index (χ0n) is 8.79. The molecule has 1 N–H and O–H groups in total. The molecular weight excluding hydrogens is 178 g/mol. The van der Waals surface area contributed by atoms with Gasteiger partial charge in [-0.05, 0) is 25.2 Å². The van der Waals surface area contributed by atoms with Crippen LogP contribution in [-0.2, 0) is 9.53 Å². The smallest absolute Gasteiger partial charge is 0.311 e. The molecule has 0 spiro atoms. The Bertz CT molecular complexity index is 213. The van der Waals surface area contributed by atoms with E-state index >= 15 is 0 Å². The Balaban J connectivity index is 1.75. The number of carbonyl (C=O) groups excluding carboxylic acids is 1. The van der Waals surface area contributed by atoms with Crippen LogP contribution < -0.4 is 5.32 Å². The van der Waals surface area contributed by atoms with Crippen molar-refractivity contribution < 1.29 is 9.53 Å².